The van der Waals surface area contributed by atoms with Gasteiger partial charge in [0, 0.05) is 26.2 Å². The van der Waals surface area contributed by atoms with Crippen LogP contribution in [0.1, 0.15) is 13.8 Å². The van der Waals surface area contributed by atoms with Crippen molar-refractivity contribution in [3.05, 3.63) is 30.6 Å². The first-order valence-electron chi connectivity index (χ1n) is 3.92. The summed E-state index contributed by atoms with van der Waals surface area (Å²) in [5.74, 6) is -0.916. The van der Waals surface area contributed by atoms with Crippen LogP contribution in [-0.4, -0.2) is 16.9 Å². The van der Waals surface area contributed by atoms with E-state index in [1.165, 1.54) is 13.8 Å². The molecule has 0 bridgehead atoms. The van der Waals surface area contributed by atoms with Crippen LogP contribution in [0.25, 0.3) is 0 Å². The minimum Gasteiger partial charge on any atom is -0.341 e. The molecule has 0 radical (unpaired) electrons. The van der Waals surface area contributed by atoms with Crippen LogP contribution in [-0.2, 0) is 14.4 Å². The summed E-state index contributed by atoms with van der Waals surface area (Å²) in [7, 11) is 0. The quantitative estimate of drug-likeness (QED) is 0.619. The van der Waals surface area contributed by atoms with Crippen molar-refractivity contribution >= 4 is 11.9 Å². The highest BCUT2D eigenvalue weighted by atomic mass is 16.7. The highest BCUT2D eigenvalue weighted by Crippen LogP contribution is 1.73. The number of nitrogens with one attached hydrogen (secondary N) is 1. The van der Waals surface area contributed by atoms with Gasteiger partial charge in [-0.3, -0.25) is 14.6 Å². The van der Waals surface area contributed by atoms with Crippen molar-refractivity contribution in [2.75, 3.05) is 0 Å². The molecule has 0 aliphatic heterocycles. The molecule has 0 aliphatic rings. The lowest BCUT2D eigenvalue weighted by Crippen LogP contribution is -2.22. The van der Waals surface area contributed by atoms with Gasteiger partial charge in [0.25, 0.3) is 0 Å². The second-order valence-electron chi connectivity index (χ2n) is 2.28. The highest BCUT2D eigenvalue weighted by Gasteiger charge is 1.91. The van der Waals surface area contributed by atoms with Crippen molar-refractivity contribution in [2.24, 2.45) is 0 Å². The fourth-order valence-corrected chi connectivity index (χ4v) is 0.456. The van der Waals surface area contributed by atoms with Crippen LogP contribution < -0.4 is 5.48 Å². The minimum absolute atomic E-state index is 0.389. The van der Waals surface area contributed by atoms with Crippen molar-refractivity contribution < 1.29 is 14.4 Å². The van der Waals surface area contributed by atoms with E-state index in [0.29, 0.717) is 0 Å². The van der Waals surface area contributed by atoms with E-state index in [-0.39, 0.29) is 5.91 Å². The van der Waals surface area contributed by atoms with E-state index in [9.17, 15) is 9.59 Å². The third-order valence-electron chi connectivity index (χ3n) is 0.905. The molecule has 5 heteroatoms. The highest BCUT2D eigenvalue weighted by molar-refractivity contribution is 5.74. The van der Waals surface area contributed by atoms with E-state index in [0.717, 1.165) is 0 Å². The topological polar surface area (TPSA) is 68.3 Å². The SMILES string of the molecule is CC(=O)NOC(C)=O.c1ccncc1. The maximum Gasteiger partial charge on any atom is 0.329 e. The monoisotopic (exact) mass is 196 g/mol. The first-order valence-corrected chi connectivity index (χ1v) is 3.92. The number of hydrogen-bond acceptors (Lipinski definition) is 4. The molecule has 0 aliphatic carbocycles. The Morgan fingerprint density at radius 3 is 1.86 bits per heavy atom. The minimum atomic E-state index is -0.528. The number of hydroxylamine groups is 1. The molecule has 1 heterocycles. The second-order valence-corrected chi connectivity index (χ2v) is 2.28. The third-order valence-corrected chi connectivity index (χ3v) is 0.905. The summed E-state index contributed by atoms with van der Waals surface area (Å²) < 4.78 is 0. The van der Waals surface area contributed by atoms with E-state index >= 15 is 0 Å². The van der Waals surface area contributed by atoms with Crippen LogP contribution in [0.5, 0.6) is 0 Å². The molecular weight excluding hydrogens is 184 g/mol. The summed E-state index contributed by atoms with van der Waals surface area (Å²) in [5.41, 5.74) is 1.86. The first kappa shape index (κ1) is 12.1. The fraction of sp³-hybridized carbons (Fsp3) is 0.222. The summed E-state index contributed by atoms with van der Waals surface area (Å²) in [5, 5.41) is 0. The lowest BCUT2D eigenvalue weighted by molar-refractivity contribution is -0.155. The van der Waals surface area contributed by atoms with Gasteiger partial charge in [-0.15, -0.1) is 0 Å². The maximum atomic E-state index is 9.96. The lowest BCUT2D eigenvalue weighted by Gasteiger charge is -1.96. The molecule has 76 valence electrons. The Kier molecular flexibility index (Phi) is 6.67. The number of carbonyl (C=O) groups is 2. The summed E-state index contributed by atoms with van der Waals surface area (Å²) in [4.78, 5) is 27.7. The van der Waals surface area contributed by atoms with Gasteiger partial charge in [-0.2, -0.15) is 5.48 Å². The molecule has 0 fully saturated rings. The summed E-state index contributed by atoms with van der Waals surface area (Å²) >= 11 is 0. The molecule has 0 aromatic carbocycles. The van der Waals surface area contributed by atoms with Crippen LogP contribution in [0.4, 0.5) is 0 Å². The number of pyridine rings is 1. The van der Waals surface area contributed by atoms with Crippen LogP contribution >= 0.6 is 0 Å². The Morgan fingerprint density at radius 1 is 1.14 bits per heavy atom. The average molecular weight is 196 g/mol. The molecule has 1 amide bonds. The predicted octanol–water partition coefficient (Wildman–Crippen LogP) is 0.682. The molecule has 1 rings (SSSR count). The Bertz CT molecular complexity index is 234. The summed E-state index contributed by atoms with van der Waals surface area (Å²) in [6.45, 7) is 2.46. The molecule has 0 saturated heterocycles. The van der Waals surface area contributed by atoms with Crippen LogP contribution in [0.3, 0.4) is 0 Å². The number of hydrogen-bond donors (Lipinski definition) is 1. The largest absolute Gasteiger partial charge is 0.341 e. The van der Waals surface area contributed by atoms with Gasteiger partial charge in [-0.05, 0) is 12.1 Å². The Hall–Kier alpha value is -1.91. The van der Waals surface area contributed by atoms with Gasteiger partial charge in [0.05, 0.1) is 0 Å². The molecule has 1 aromatic rings. The number of aromatic nitrogens is 1. The Balaban J connectivity index is 0.000000249. The molecule has 0 spiro atoms. The van der Waals surface area contributed by atoms with E-state index in [2.05, 4.69) is 9.82 Å². The van der Waals surface area contributed by atoms with Crippen LogP contribution in [0.2, 0.25) is 0 Å². The van der Waals surface area contributed by atoms with Gasteiger partial charge in [0.2, 0.25) is 5.91 Å². The molecule has 1 aromatic heterocycles. The lowest BCUT2D eigenvalue weighted by atomic mass is 10.5. The van der Waals surface area contributed by atoms with Gasteiger partial charge in [0.15, 0.2) is 0 Å². The fourth-order valence-electron chi connectivity index (χ4n) is 0.456. The van der Waals surface area contributed by atoms with E-state index in [1.54, 1.807) is 12.4 Å². The smallest absolute Gasteiger partial charge is 0.329 e. The van der Waals surface area contributed by atoms with Crippen molar-refractivity contribution in [1.82, 2.24) is 10.5 Å². The van der Waals surface area contributed by atoms with Gasteiger partial charge in [-0.1, -0.05) is 6.07 Å². The summed E-state index contributed by atoms with van der Waals surface area (Å²) in [6.07, 6.45) is 3.50. The average Bonchev–Trinajstić information content (AvgIpc) is 2.18. The van der Waals surface area contributed by atoms with Crippen LogP contribution in [0.15, 0.2) is 30.6 Å². The molecule has 0 saturated carbocycles. The van der Waals surface area contributed by atoms with Gasteiger partial charge >= 0.3 is 5.97 Å². The molecule has 1 N–H and O–H groups in total. The maximum absolute atomic E-state index is 9.96. The Morgan fingerprint density at radius 2 is 1.71 bits per heavy atom. The predicted molar refractivity (Wildman–Crippen MR) is 49.8 cm³/mol. The third kappa shape index (κ3) is 10.1. The number of carbonyl (C=O) groups excluding carboxylic acids is 2. The van der Waals surface area contributed by atoms with Gasteiger partial charge in [0.1, 0.15) is 0 Å². The number of amides is 1. The van der Waals surface area contributed by atoms with Crippen LogP contribution in [0, 0.1) is 0 Å². The zero-order valence-corrected chi connectivity index (χ0v) is 8.06. The van der Waals surface area contributed by atoms with Gasteiger partial charge in [-0.25, -0.2) is 0 Å². The molecule has 5 nitrogen and oxygen atoms in total. The van der Waals surface area contributed by atoms with Gasteiger partial charge < -0.3 is 4.84 Å². The normalized spacial score (nSPS) is 7.86. The number of rotatable bonds is 0. The van der Waals surface area contributed by atoms with Crippen molar-refractivity contribution in [2.45, 2.75) is 13.8 Å². The number of nitrogens with zero attached hydrogens (tertiary/aromatic N) is 1. The molecule has 0 unspecified atom stereocenters. The molecule has 14 heavy (non-hydrogen) atoms. The van der Waals surface area contributed by atoms with Crippen molar-refractivity contribution in [1.29, 1.82) is 0 Å². The standard InChI is InChI=1S/C5H5N.C4H7NO3/c1-2-4-6-5-3-1;1-3(6)5-8-4(2)7/h1-5H;1-2H3,(H,5,6). The van der Waals surface area contributed by atoms with E-state index < -0.39 is 5.97 Å². The molecular formula is C9H12N2O3. The second kappa shape index (κ2) is 7.72. The molecule has 0 atom stereocenters. The first-order chi connectivity index (χ1) is 6.63. The van der Waals surface area contributed by atoms with E-state index in [1.807, 2.05) is 23.7 Å². The Labute approximate surface area is 82.1 Å². The zero-order valence-electron chi connectivity index (χ0n) is 8.06. The van der Waals surface area contributed by atoms with Crippen molar-refractivity contribution in [3.8, 4) is 0 Å². The zero-order chi connectivity index (χ0) is 10.8. The van der Waals surface area contributed by atoms with Crippen molar-refractivity contribution in [3.63, 3.8) is 0 Å². The van der Waals surface area contributed by atoms with E-state index in [4.69, 9.17) is 0 Å². The summed E-state index contributed by atoms with van der Waals surface area (Å²) in [6, 6.07) is 5.72.